The van der Waals surface area contributed by atoms with Gasteiger partial charge in [-0.15, -0.1) is 0 Å². The molecule has 1 aromatic heterocycles. The number of ether oxygens (including phenoxy) is 1. The molecule has 2 atom stereocenters. The third-order valence-electron chi connectivity index (χ3n) is 6.94. The quantitative estimate of drug-likeness (QED) is 0.562. The Morgan fingerprint density at radius 3 is 2.52 bits per heavy atom. The van der Waals surface area contributed by atoms with Crippen LogP contribution in [0.2, 0.25) is 0 Å². The van der Waals surface area contributed by atoms with E-state index in [0.717, 1.165) is 42.2 Å². The van der Waals surface area contributed by atoms with Gasteiger partial charge in [-0.05, 0) is 55.6 Å². The van der Waals surface area contributed by atoms with Crippen LogP contribution >= 0.6 is 0 Å². The molecule has 2 aromatic carbocycles. The lowest BCUT2D eigenvalue weighted by Gasteiger charge is -2.39. The number of nitrogens with one attached hydrogen (secondary N) is 1. The van der Waals surface area contributed by atoms with Crippen molar-refractivity contribution >= 4 is 20.9 Å². The molecule has 2 aliphatic rings. The first kappa shape index (κ1) is 22.4. The highest BCUT2D eigenvalue weighted by atomic mass is 32.2. The molecule has 5 rings (SSSR count). The van der Waals surface area contributed by atoms with Crippen molar-refractivity contribution in [2.24, 2.45) is 0 Å². The highest BCUT2D eigenvalue weighted by molar-refractivity contribution is 7.88. The molecule has 1 fully saturated rings. The van der Waals surface area contributed by atoms with Crippen molar-refractivity contribution in [2.45, 2.75) is 51.3 Å². The molecule has 0 unspecified atom stereocenters. The van der Waals surface area contributed by atoms with Gasteiger partial charge in [0.05, 0.1) is 12.3 Å². The predicted octanol–water partition coefficient (Wildman–Crippen LogP) is 4.33. The first-order valence-corrected chi connectivity index (χ1v) is 13.8. The Bertz CT molecular complexity index is 1230. The van der Waals surface area contributed by atoms with Crippen LogP contribution in [-0.4, -0.2) is 60.6 Å². The molecule has 1 N–H and O–H groups in total. The predicted molar refractivity (Wildman–Crippen MR) is 132 cm³/mol. The number of para-hydroxylation sites is 1. The monoisotopic (exact) mass is 467 g/mol. The van der Waals surface area contributed by atoms with Crippen LogP contribution in [0.5, 0.6) is 5.75 Å². The van der Waals surface area contributed by atoms with Crippen molar-refractivity contribution in [1.29, 1.82) is 0 Å². The van der Waals surface area contributed by atoms with Crippen molar-refractivity contribution in [2.75, 3.05) is 25.9 Å². The molecule has 0 spiro atoms. The van der Waals surface area contributed by atoms with Gasteiger partial charge in [0, 0.05) is 35.7 Å². The summed E-state index contributed by atoms with van der Waals surface area (Å²) in [6, 6.07) is 15.7. The number of likely N-dealkylation sites (tertiary alicyclic amines) is 1. The second kappa shape index (κ2) is 8.78. The van der Waals surface area contributed by atoms with Crippen molar-refractivity contribution in [3.05, 3.63) is 65.4 Å². The SMILES string of the molecule is CCCCN1CC(Oc2ccc([C@@H]3c4[nH]c5ccccc5c4C[C@@H](C)N3S(C)(=O)=O)cc2)C1. The highest BCUT2D eigenvalue weighted by Crippen LogP contribution is 2.42. The first-order chi connectivity index (χ1) is 15.8. The average molecular weight is 468 g/mol. The number of rotatable bonds is 7. The van der Waals surface area contributed by atoms with Crippen LogP contribution in [0.15, 0.2) is 48.5 Å². The maximum absolute atomic E-state index is 12.9. The van der Waals surface area contributed by atoms with Crippen LogP contribution in [-0.2, 0) is 16.4 Å². The summed E-state index contributed by atoms with van der Waals surface area (Å²) in [5.74, 6) is 0.838. The summed E-state index contributed by atoms with van der Waals surface area (Å²) >= 11 is 0. The first-order valence-electron chi connectivity index (χ1n) is 11.9. The fourth-order valence-electron chi connectivity index (χ4n) is 5.36. The summed E-state index contributed by atoms with van der Waals surface area (Å²) < 4.78 is 33.5. The molecule has 3 heterocycles. The number of nitrogens with zero attached hydrogens (tertiary/aromatic N) is 2. The molecular formula is C26H33N3O3S. The van der Waals surface area contributed by atoms with E-state index in [9.17, 15) is 8.42 Å². The van der Waals surface area contributed by atoms with E-state index < -0.39 is 10.0 Å². The number of hydrogen-bond acceptors (Lipinski definition) is 4. The second-order valence-corrected chi connectivity index (χ2v) is 11.4. The van der Waals surface area contributed by atoms with Crippen LogP contribution in [0.3, 0.4) is 0 Å². The van der Waals surface area contributed by atoms with Crippen molar-refractivity contribution in [3.63, 3.8) is 0 Å². The third-order valence-corrected chi connectivity index (χ3v) is 8.28. The summed E-state index contributed by atoms with van der Waals surface area (Å²) in [6.07, 6.45) is 4.68. The van der Waals surface area contributed by atoms with E-state index in [0.29, 0.717) is 6.42 Å². The van der Waals surface area contributed by atoms with Crippen LogP contribution in [0.25, 0.3) is 10.9 Å². The third kappa shape index (κ3) is 4.29. The van der Waals surface area contributed by atoms with E-state index in [-0.39, 0.29) is 18.2 Å². The zero-order valence-electron chi connectivity index (χ0n) is 19.6. The lowest BCUT2D eigenvalue weighted by atomic mass is 9.91. The molecule has 2 aliphatic heterocycles. The minimum absolute atomic E-state index is 0.128. The molecule has 0 amide bonds. The molecule has 176 valence electrons. The van der Waals surface area contributed by atoms with Gasteiger partial charge in [0.15, 0.2) is 0 Å². The lowest BCUT2D eigenvalue weighted by Crippen LogP contribution is -2.53. The van der Waals surface area contributed by atoms with Crippen LogP contribution in [0.1, 0.15) is 49.6 Å². The lowest BCUT2D eigenvalue weighted by molar-refractivity contribution is 0.0193. The Morgan fingerprint density at radius 1 is 1.09 bits per heavy atom. The van der Waals surface area contributed by atoms with Gasteiger partial charge in [-0.3, -0.25) is 4.90 Å². The molecule has 0 radical (unpaired) electrons. The van der Waals surface area contributed by atoms with Crippen LogP contribution < -0.4 is 4.74 Å². The van der Waals surface area contributed by atoms with Crippen molar-refractivity contribution in [3.8, 4) is 5.75 Å². The van der Waals surface area contributed by atoms with E-state index in [1.54, 1.807) is 4.31 Å². The Balaban J connectivity index is 1.43. The van der Waals surface area contributed by atoms with E-state index in [1.165, 1.54) is 30.0 Å². The van der Waals surface area contributed by atoms with Gasteiger partial charge in [0.1, 0.15) is 11.9 Å². The molecular weight excluding hydrogens is 434 g/mol. The molecule has 0 aliphatic carbocycles. The van der Waals surface area contributed by atoms with Gasteiger partial charge in [-0.25, -0.2) is 8.42 Å². The Kier molecular flexibility index (Phi) is 5.97. The number of unbranched alkanes of at least 4 members (excludes halogenated alkanes) is 1. The zero-order valence-corrected chi connectivity index (χ0v) is 20.4. The normalized spacial score (nSPS) is 22.3. The van der Waals surface area contributed by atoms with Gasteiger partial charge in [0.2, 0.25) is 10.0 Å². The van der Waals surface area contributed by atoms with Gasteiger partial charge in [-0.2, -0.15) is 4.31 Å². The van der Waals surface area contributed by atoms with E-state index in [4.69, 9.17) is 4.74 Å². The van der Waals surface area contributed by atoms with Crippen LogP contribution in [0, 0.1) is 0 Å². The standard InChI is InChI=1S/C26H33N3O3S/c1-4-5-14-28-16-21(17-28)32-20-12-10-19(11-13-20)26-25-23(15-18(2)29(26)33(3,30)31)22-8-6-7-9-24(22)27-25/h6-13,18,21,26-27H,4-5,14-17H2,1-3H3/t18-,26-/m1/s1. The number of fused-ring (bicyclic) bond motifs is 3. The fourth-order valence-corrected chi connectivity index (χ4v) is 6.69. The smallest absolute Gasteiger partial charge is 0.212 e. The van der Waals surface area contributed by atoms with E-state index >= 15 is 0 Å². The van der Waals surface area contributed by atoms with E-state index in [1.807, 2.05) is 43.3 Å². The maximum atomic E-state index is 12.9. The van der Waals surface area contributed by atoms with Gasteiger partial charge in [-0.1, -0.05) is 43.7 Å². The number of aromatic amines is 1. The summed E-state index contributed by atoms with van der Waals surface area (Å²) in [5.41, 5.74) is 4.18. The maximum Gasteiger partial charge on any atom is 0.212 e. The average Bonchev–Trinajstić information content (AvgIpc) is 3.12. The van der Waals surface area contributed by atoms with Gasteiger partial charge in [0.25, 0.3) is 0 Å². The fraction of sp³-hybridized carbons (Fsp3) is 0.462. The number of hydrogen-bond donors (Lipinski definition) is 1. The minimum atomic E-state index is -3.41. The Morgan fingerprint density at radius 2 is 1.82 bits per heavy atom. The number of sulfonamides is 1. The molecule has 0 saturated carbocycles. The molecule has 7 heteroatoms. The van der Waals surface area contributed by atoms with E-state index in [2.05, 4.69) is 28.9 Å². The zero-order chi connectivity index (χ0) is 23.2. The Hall–Kier alpha value is -2.35. The second-order valence-electron chi connectivity index (χ2n) is 9.53. The number of benzene rings is 2. The molecule has 33 heavy (non-hydrogen) atoms. The highest BCUT2D eigenvalue weighted by Gasteiger charge is 2.40. The summed E-state index contributed by atoms with van der Waals surface area (Å²) in [5, 5.41) is 1.18. The molecule has 0 bridgehead atoms. The summed E-state index contributed by atoms with van der Waals surface area (Å²) in [7, 11) is -3.41. The van der Waals surface area contributed by atoms with Crippen molar-refractivity contribution < 1.29 is 13.2 Å². The minimum Gasteiger partial charge on any atom is -0.488 e. The van der Waals surface area contributed by atoms with Gasteiger partial charge < -0.3 is 9.72 Å². The number of aromatic nitrogens is 1. The molecule has 1 saturated heterocycles. The summed E-state index contributed by atoms with van der Waals surface area (Å²) in [6.45, 7) is 7.30. The van der Waals surface area contributed by atoms with Crippen molar-refractivity contribution in [1.82, 2.24) is 14.2 Å². The Labute approximate surface area is 196 Å². The number of H-pyrrole nitrogens is 1. The topological polar surface area (TPSA) is 65.6 Å². The molecule has 6 nitrogen and oxygen atoms in total. The largest absolute Gasteiger partial charge is 0.488 e. The molecule has 3 aromatic rings. The van der Waals surface area contributed by atoms with Crippen LogP contribution in [0.4, 0.5) is 0 Å². The van der Waals surface area contributed by atoms with Gasteiger partial charge >= 0.3 is 0 Å². The summed E-state index contributed by atoms with van der Waals surface area (Å²) in [4.78, 5) is 5.96.